The molecular weight excluding hydrogens is 304 g/mol. The highest BCUT2D eigenvalue weighted by Gasteiger charge is 2.49. The van der Waals surface area contributed by atoms with Gasteiger partial charge in [0.25, 0.3) is 0 Å². The van der Waals surface area contributed by atoms with E-state index in [-0.39, 0.29) is 18.0 Å². The lowest BCUT2D eigenvalue weighted by Crippen LogP contribution is -2.63. The van der Waals surface area contributed by atoms with Crippen molar-refractivity contribution >= 4 is 22.7 Å². The normalized spacial score (nSPS) is 34.5. The third kappa shape index (κ3) is 2.11. The van der Waals surface area contributed by atoms with E-state index in [4.69, 9.17) is 4.74 Å². The molecule has 0 aliphatic carbocycles. The zero-order chi connectivity index (χ0) is 16.3. The number of aromatic nitrogens is 1. The molecule has 4 bridgehead atoms. The lowest BCUT2D eigenvalue weighted by atomic mass is 9.72. The second kappa shape index (κ2) is 5.18. The van der Waals surface area contributed by atoms with E-state index < -0.39 is 0 Å². The molecule has 1 aromatic carbocycles. The molecule has 0 spiro atoms. The number of piperidine rings is 4. The van der Waals surface area contributed by atoms with Crippen molar-refractivity contribution in [1.29, 1.82) is 0 Å². The first-order chi connectivity index (χ1) is 11.7. The van der Waals surface area contributed by atoms with Crippen LogP contribution in [0, 0.1) is 5.92 Å². The largest absolute Gasteiger partial charge is 0.459 e. The first-order valence-corrected chi connectivity index (χ1v) is 8.74. The lowest BCUT2D eigenvalue weighted by Gasteiger charge is -2.54. The first kappa shape index (κ1) is 14.2. The van der Waals surface area contributed by atoms with E-state index in [1.165, 1.54) is 0 Å². The highest BCUT2D eigenvalue weighted by atomic mass is 16.5. The van der Waals surface area contributed by atoms with Crippen molar-refractivity contribution in [2.45, 2.75) is 43.9 Å². The van der Waals surface area contributed by atoms with Crippen molar-refractivity contribution in [3.8, 4) is 0 Å². The van der Waals surface area contributed by atoms with E-state index in [9.17, 15) is 9.59 Å². The monoisotopic (exact) mass is 324 g/mol. The van der Waals surface area contributed by atoms with Crippen molar-refractivity contribution in [2.24, 2.45) is 5.92 Å². The predicted octanol–water partition coefficient (Wildman–Crippen LogP) is 2.52. The molecule has 5 heterocycles. The standard InChI is InChI=1S/C19H20N2O3/c22-18-10-21-12-5-11(18)6-13(21)8-14(7-12)24-19(23)16-9-20-17-4-2-1-3-15(16)17/h1-4,9,11-14,20H,5-8,10H2/t11?,12-,13?,14?/m0/s1. The quantitative estimate of drug-likeness (QED) is 0.862. The Balaban J connectivity index is 1.33. The number of H-pyrrole nitrogens is 1. The third-order valence-electron chi connectivity index (χ3n) is 6.00. The number of hydrogen-bond donors (Lipinski definition) is 1. The maximum absolute atomic E-state index is 12.6. The van der Waals surface area contributed by atoms with Crippen LogP contribution in [0.5, 0.6) is 0 Å². The maximum Gasteiger partial charge on any atom is 0.340 e. The van der Waals surface area contributed by atoms with Crippen LogP contribution in [-0.2, 0) is 9.53 Å². The van der Waals surface area contributed by atoms with Gasteiger partial charge in [-0.25, -0.2) is 4.79 Å². The maximum atomic E-state index is 12.6. The lowest BCUT2D eigenvalue weighted by molar-refractivity contribution is -0.145. The molecule has 2 aromatic rings. The number of Topliss-reactive ketones (excluding diaryl/α,β-unsaturated/α-hetero) is 1. The van der Waals surface area contributed by atoms with Gasteiger partial charge in [0.1, 0.15) is 11.9 Å². The summed E-state index contributed by atoms with van der Waals surface area (Å²) in [4.78, 5) is 30.0. The number of carbonyl (C=O) groups is 2. The van der Waals surface area contributed by atoms with Gasteiger partial charge >= 0.3 is 5.97 Å². The number of nitrogens with zero attached hydrogens (tertiary/aromatic N) is 1. The summed E-state index contributed by atoms with van der Waals surface area (Å²) in [5.74, 6) is 0.403. The Kier molecular flexibility index (Phi) is 3.07. The minimum Gasteiger partial charge on any atom is -0.459 e. The third-order valence-corrected chi connectivity index (χ3v) is 6.00. The zero-order valence-electron chi connectivity index (χ0n) is 13.4. The number of aromatic amines is 1. The number of hydrogen-bond acceptors (Lipinski definition) is 4. The summed E-state index contributed by atoms with van der Waals surface area (Å²) in [5.41, 5.74) is 1.56. The van der Waals surface area contributed by atoms with E-state index in [1.54, 1.807) is 6.20 Å². The smallest absolute Gasteiger partial charge is 0.340 e. The summed E-state index contributed by atoms with van der Waals surface area (Å²) in [6.45, 7) is 0.600. The Labute approximate surface area is 140 Å². The number of nitrogens with one attached hydrogen (secondary N) is 1. The average Bonchev–Trinajstić information content (AvgIpc) is 2.99. The fourth-order valence-corrected chi connectivity index (χ4v) is 4.87. The highest BCUT2D eigenvalue weighted by Crippen LogP contribution is 2.42. The van der Waals surface area contributed by atoms with Crippen LogP contribution in [-0.4, -0.2) is 46.4 Å². The van der Waals surface area contributed by atoms with Crippen molar-refractivity contribution in [3.05, 3.63) is 36.0 Å². The molecule has 0 radical (unpaired) electrons. The highest BCUT2D eigenvalue weighted by molar-refractivity contribution is 6.04. The molecule has 0 amide bonds. The Morgan fingerprint density at radius 2 is 1.88 bits per heavy atom. The fourth-order valence-electron chi connectivity index (χ4n) is 4.87. The van der Waals surface area contributed by atoms with Crippen LogP contribution < -0.4 is 0 Å². The van der Waals surface area contributed by atoms with Crippen LogP contribution in [0.3, 0.4) is 0 Å². The predicted molar refractivity (Wildman–Crippen MR) is 88.7 cm³/mol. The van der Waals surface area contributed by atoms with Crippen molar-refractivity contribution in [3.63, 3.8) is 0 Å². The van der Waals surface area contributed by atoms with Gasteiger partial charge in [-0.05, 0) is 18.9 Å². The molecule has 6 rings (SSSR count). The Morgan fingerprint density at radius 1 is 1.12 bits per heavy atom. The summed E-state index contributed by atoms with van der Waals surface area (Å²) in [6.07, 6.45) is 5.29. The number of rotatable bonds is 2. The zero-order valence-corrected chi connectivity index (χ0v) is 13.4. The molecule has 1 aromatic heterocycles. The topological polar surface area (TPSA) is 62.4 Å². The number of para-hydroxylation sites is 1. The van der Waals surface area contributed by atoms with Crippen molar-refractivity contribution in [1.82, 2.24) is 9.88 Å². The fraction of sp³-hybridized carbons (Fsp3) is 0.474. The van der Waals surface area contributed by atoms with E-state index in [1.807, 2.05) is 24.3 Å². The summed E-state index contributed by atoms with van der Waals surface area (Å²) in [5, 5.41) is 0.909. The Bertz CT molecular complexity index is 811. The van der Waals surface area contributed by atoms with Crippen LogP contribution in [0.4, 0.5) is 0 Å². The second-order valence-electron chi connectivity index (χ2n) is 7.36. The molecule has 4 fully saturated rings. The molecule has 4 unspecified atom stereocenters. The molecule has 5 atom stereocenters. The van der Waals surface area contributed by atoms with E-state index in [0.29, 0.717) is 30.0 Å². The molecule has 4 saturated heterocycles. The van der Waals surface area contributed by atoms with E-state index in [0.717, 1.165) is 36.6 Å². The van der Waals surface area contributed by atoms with Gasteiger partial charge < -0.3 is 9.72 Å². The summed E-state index contributed by atoms with van der Waals surface area (Å²) >= 11 is 0. The Morgan fingerprint density at radius 3 is 2.62 bits per heavy atom. The van der Waals surface area contributed by atoms with Crippen LogP contribution in [0.1, 0.15) is 36.0 Å². The number of ether oxygens (including phenoxy) is 1. The van der Waals surface area contributed by atoms with Crippen LogP contribution in [0.25, 0.3) is 10.9 Å². The molecule has 5 heteroatoms. The molecule has 4 aliphatic heterocycles. The van der Waals surface area contributed by atoms with E-state index in [2.05, 4.69) is 9.88 Å². The number of fused-ring (bicyclic) bond motifs is 2. The van der Waals surface area contributed by atoms with Gasteiger partial charge in [-0.2, -0.15) is 0 Å². The SMILES string of the molecule is O=C(OC1CC2CC3C[C@@H](C1)N2CC3=O)c1c[nH]c2ccccc12. The summed E-state index contributed by atoms with van der Waals surface area (Å²) in [7, 11) is 0. The van der Waals surface area contributed by atoms with Crippen LogP contribution in [0.15, 0.2) is 30.5 Å². The molecule has 124 valence electrons. The molecule has 5 nitrogen and oxygen atoms in total. The second-order valence-corrected chi connectivity index (χ2v) is 7.36. The van der Waals surface area contributed by atoms with Crippen LogP contribution >= 0.6 is 0 Å². The molecule has 1 N–H and O–H groups in total. The van der Waals surface area contributed by atoms with E-state index >= 15 is 0 Å². The summed E-state index contributed by atoms with van der Waals surface area (Å²) in [6, 6.07) is 8.58. The number of carbonyl (C=O) groups excluding carboxylic acids is 2. The average molecular weight is 324 g/mol. The van der Waals surface area contributed by atoms with Gasteiger partial charge in [0.15, 0.2) is 0 Å². The molecule has 24 heavy (non-hydrogen) atoms. The molecular formula is C19H20N2O3. The van der Waals surface area contributed by atoms with Gasteiger partial charge in [0, 0.05) is 47.9 Å². The summed E-state index contributed by atoms with van der Waals surface area (Å²) < 4.78 is 5.84. The van der Waals surface area contributed by atoms with Gasteiger partial charge in [-0.3, -0.25) is 9.69 Å². The number of esters is 1. The minimum absolute atomic E-state index is 0.0356. The molecule has 4 aliphatic rings. The Hall–Kier alpha value is -2.14. The number of ketones is 1. The number of benzene rings is 1. The first-order valence-electron chi connectivity index (χ1n) is 8.74. The van der Waals surface area contributed by atoms with Gasteiger partial charge in [0.05, 0.1) is 12.1 Å². The van der Waals surface area contributed by atoms with Crippen molar-refractivity contribution in [2.75, 3.05) is 6.54 Å². The van der Waals surface area contributed by atoms with Gasteiger partial charge in [-0.1, -0.05) is 18.2 Å². The van der Waals surface area contributed by atoms with Gasteiger partial charge in [0.2, 0.25) is 0 Å². The minimum atomic E-state index is -0.242. The molecule has 0 saturated carbocycles. The van der Waals surface area contributed by atoms with Crippen LogP contribution in [0.2, 0.25) is 0 Å². The van der Waals surface area contributed by atoms with Crippen molar-refractivity contribution < 1.29 is 14.3 Å². The van der Waals surface area contributed by atoms with Gasteiger partial charge in [-0.15, -0.1) is 0 Å².